The van der Waals surface area contributed by atoms with Crippen LogP contribution in [0.1, 0.15) is 40.7 Å². The van der Waals surface area contributed by atoms with Gasteiger partial charge in [-0.25, -0.2) is 0 Å². The van der Waals surface area contributed by atoms with Gasteiger partial charge in [0, 0.05) is 12.6 Å². The Morgan fingerprint density at radius 2 is 2.00 bits per heavy atom. The molecule has 0 aliphatic carbocycles. The smallest absolute Gasteiger partial charge is 0.107 e. The van der Waals surface area contributed by atoms with E-state index in [1.165, 1.54) is 16.7 Å². The topological polar surface area (TPSA) is 38.1 Å². The van der Waals surface area contributed by atoms with Crippen LogP contribution in [0.4, 0.5) is 0 Å². The summed E-state index contributed by atoms with van der Waals surface area (Å²) in [5, 5.41) is 0. The van der Waals surface area contributed by atoms with Crippen LogP contribution in [0.25, 0.3) is 0 Å². The van der Waals surface area contributed by atoms with Crippen molar-refractivity contribution < 1.29 is 0 Å². The van der Waals surface area contributed by atoms with Gasteiger partial charge < -0.3 is 0 Å². The van der Waals surface area contributed by atoms with E-state index in [-0.39, 0.29) is 0 Å². The third-order valence-corrected chi connectivity index (χ3v) is 3.79. The molecule has 1 aromatic carbocycles. The van der Waals surface area contributed by atoms with Crippen LogP contribution in [-0.2, 0) is 13.0 Å². The minimum absolute atomic E-state index is 0.675. The van der Waals surface area contributed by atoms with Crippen molar-refractivity contribution in [2.45, 2.75) is 33.7 Å². The van der Waals surface area contributed by atoms with Crippen LogP contribution in [0.3, 0.4) is 0 Å². The lowest BCUT2D eigenvalue weighted by Gasteiger charge is -2.08. The van der Waals surface area contributed by atoms with Gasteiger partial charge in [-0.05, 0) is 37.5 Å². The van der Waals surface area contributed by atoms with Crippen LogP contribution in [0.2, 0.25) is 0 Å². The first-order valence-electron chi connectivity index (χ1n) is 6.56. The summed E-state index contributed by atoms with van der Waals surface area (Å²) in [6.45, 7) is 6.98. The van der Waals surface area contributed by atoms with Crippen LogP contribution in [0.15, 0.2) is 29.4 Å². The monoisotopic (exact) mass is 251 g/mol. The summed E-state index contributed by atoms with van der Waals surface area (Å²) < 4.78 is 0. The first kappa shape index (κ1) is 12.0. The molecule has 0 atom stereocenters. The second-order valence-electron chi connectivity index (χ2n) is 5.09. The summed E-state index contributed by atoms with van der Waals surface area (Å²) in [6, 6.07) is 6.41. The lowest BCUT2D eigenvalue weighted by molar-refractivity contribution is 0.933. The molecule has 3 heteroatoms. The molecule has 1 aromatic heterocycles. The fourth-order valence-electron chi connectivity index (χ4n) is 2.43. The normalized spacial score (nSPS) is 13.3. The Labute approximate surface area is 113 Å². The van der Waals surface area contributed by atoms with Crippen molar-refractivity contribution in [2.24, 2.45) is 4.99 Å². The van der Waals surface area contributed by atoms with E-state index in [2.05, 4.69) is 42.0 Å². The molecular weight excluding hydrogens is 234 g/mol. The molecule has 0 saturated carbocycles. The molecule has 0 N–H and O–H groups in total. The number of aliphatic imine (C=N–C) groups is 1. The van der Waals surface area contributed by atoms with Crippen LogP contribution in [0, 0.1) is 13.8 Å². The fourth-order valence-corrected chi connectivity index (χ4v) is 2.43. The van der Waals surface area contributed by atoms with Crippen molar-refractivity contribution in [3.8, 4) is 0 Å². The van der Waals surface area contributed by atoms with Gasteiger partial charge in [-0.15, -0.1) is 0 Å². The van der Waals surface area contributed by atoms with Gasteiger partial charge in [0.1, 0.15) is 5.69 Å². The van der Waals surface area contributed by atoms with Crippen LogP contribution in [0.5, 0.6) is 0 Å². The predicted molar refractivity (Wildman–Crippen MR) is 76.7 cm³/mol. The molecule has 2 aromatic rings. The highest BCUT2D eigenvalue weighted by molar-refractivity contribution is 5.99. The molecule has 0 spiro atoms. The SMILES string of the molecule is CC1=NCc2nc(Cc3cccc(C)c3C)cnc21. The third kappa shape index (κ3) is 2.16. The van der Waals surface area contributed by atoms with E-state index >= 15 is 0 Å². The molecule has 3 rings (SSSR count). The largest absolute Gasteiger partial charge is 0.281 e. The lowest BCUT2D eigenvalue weighted by atomic mass is 10.00. The molecule has 1 aliphatic heterocycles. The van der Waals surface area contributed by atoms with E-state index < -0.39 is 0 Å². The molecule has 96 valence electrons. The van der Waals surface area contributed by atoms with Gasteiger partial charge in [-0.2, -0.15) is 0 Å². The summed E-state index contributed by atoms with van der Waals surface area (Å²) in [4.78, 5) is 13.6. The van der Waals surface area contributed by atoms with Crippen LogP contribution >= 0.6 is 0 Å². The van der Waals surface area contributed by atoms with Gasteiger partial charge in [0.05, 0.1) is 23.6 Å². The highest BCUT2D eigenvalue weighted by Gasteiger charge is 2.15. The number of benzene rings is 1. The average molecular weight is 251 g/mol. The van der Waals surface area contributed by atoms with Crippen molar-refractivity contribution >= 4 is 5.71 Å². The van der Waals surface area contributed by atoms with E-state index in [1.807, 2.05) is 13.1 Å². The molecule has 3 nitrogen and oxygen atoms in total. The molecule has 0 unspecified atom stereocenters. The molecule has 0 bridgehead atoms. The van der Waals surface area contributed by atoms with Gasteiger partial charge in [-0.3, -0.25) is 15.0 Å². The Morgan fingerprint density at radius 1 is 1.16 bits per heavy atom. The van der Waals surface area contributed by atoms with Gasteiger partial charge >= 0.3 is 0 Å². The first-order chi connectivity index (χ1) is 9.15. The third-order valence-electron chi connectivity index (χ3n) is 3.79. The maximum absolute atomic E-state index is 4.69. The summed E-state index contributed by atoms with van der Waals surface area (Å²) in [5.74, 6) is 0. The Morgan fingerprint density at radius 3 is 2.84 bits per heavy atom. The summed E-state index contributed by atoms with van der Waals surface area (Å²) in [5.41, 5.74) is 8.00. The van der Waals surface area contributed by atoms with E-state index in [4.69, 9.17) is 4.98 Å². The first-order valence-corrected chi connectivity index (χ1v) is 6.56. The van der Waals surface area contributed by atoms with Crippen molar-refractivity contribution in [3.63, 3.8) is 0 Å². The molecule has 1 aliphatic rings. The predicted octanol–water partition coefficient (Wildman–Crippen LogP) is 3.01. The number of rotatable bonds is 2. The van der Waals surface area contributed by atoms with Gasteiger partial charge in [-0.1, -0.05) is 18.2 Å². The number of aryl methyl sites for hydroxylation is 1. The zero-order valence-electron chi connectivity index (χ0n) is 11.6. The summed E-state index contributed by atoms with van der Waals surface area (Å²) >= 11 is 0. The Bertz CT molecular complexity index is 672. The summed E-state index contributed by atoms with van der Waals surface area (Å²) in [7, 11) is 0. The number of fused-ring (bicyclic) bond motifs is 1. The zero-order chi connectivity index (χ0) is 13.4. The highest BCUT2D eigenvalue weighted by atomic mass is 14.9. The molecule has 2 heterocycles. The van der Waals surface area contributed by atoms with Crippen molar-refractivity contribution in [3.05, 3.63) is 58.2 Å². The molecule has 0 amide bonds. The number of nitrogens with zero attached hydrogens (tertiary/aromatic N) is 3. The number of hydrogen-bond donors (Lipinski definition) is 0. The van der Waals surface area contributed by atoms with Crippen LogP contribution < -0.4 is 0 Å². The minimum atomic E-state index is 0.675. The van der Waals surface area contributed by atoms with Gasteiger partial charge in [0.2, 0.25) is 0 Å². The van der Waals surface area contributed by atoms with Crippen LogP contribution in [-0.4, -0.2) is 15.7 Å². The zero-order valence-corrected chi connectivity index (χ0v) is 11.6. The standard InChI is InChI=1S/C16H17N3/c1-10-5-4-6-13(11(10)2)7-14-8-18-16-12(3)17-9-15(16)19-14/h4-6,8H,7,9H2,1-3H3. The van der Waals surface area contributed by atoms with Crippen molar-refractivity contribution in [1.29, 1.82) is 0 Å². The lowest BCUT2D eigenvalue weighted by Crippen LogP contribution is -2.04. The highest BCUT2D eigenvalue weighted by Crippen LogP contribution is 2.18. The second-order valence-corrected chi connectivity index (χ2v) is 5.09. The van der Waals surface area contributed by atoms with Crippen molar-refractivity contribution in [1.82, 2.24) is 9.97 Å². The second kappa shape index (κ2) is 4.57. The van der Waals surface area contributed by atoms with E-state index in [9.17, 15) is 0 Å². The fraction of sp³-hybridized carbons (Fsp3) is 0.312. The summed E-state index contributed by atoms with van der Waals surface area (Å²) in [6.07, 6.45) is 2.72. The number of aromatic nitrogens is 2. The molecule has 0 fully saturated rings. The van der Waals surface area contributed by atoms with Crippen molar-refractivity contribution in [2.75, 3.05) is 0 Å². The Balaban J connectivity index is 1.91. The maximum atomic E-state index is 4.69. The number of hydrogen-bond acceptors (Lipinski definition) is 3. The molecule has 19 heavy (non-hydrogen) atoms. The average Bonchev–Trinajstić information content (AvgIpc) is 2.76. The molecule has 0 radical (unpaired) electrons. The van der Waals surface area contributed by atoms with Gasteiger partial charge in [0.15, 0.2) is 0 Å². The van der Waals surface area contributed by atoms with Gasteiger partial charge in [0.25, 0.3) is 0 Å². The Hall–Kier alpha value is -2.03. The molecular formula is C16H17N3. The minimum Gasteiger partial charge on any atom is -0.281 e. The quantitative estimate of drug-likeness (QED) is 0.823. The van der Waals surface area contributed by atoms with E-state index in [0.29, 0.717) is 6.54 Å². The van der Waals surface area contributed by atoms with E-state index in [0.717, 1.165) is 29.2 Å². The maximum Gasteiger partial charge on any atom is 0.107 e. The Kier molecular flexibility index (Phi) is 2.90. The van der Waals surface area contributed by atoms with E-state index in [1.54, 1.807) is 0 Å². The molecule has 0 saturated heterocycles.